The average Bonchev–Trinajstić information content (AvgIpc) is 2.57. The number of methoxy groups -OCH3 is 1. The first kappa shape index (κ1) is 15.8. The summed E-state index contributed by atoms with van der Waals surface area (Å²) in [5.41, 5.74) is 0.925. The molecule has 1 saturated heterocycles. The predicted octanol–water partition coefficient (Wildman–Crippen LogP) is 3.16. The van der Waals surface area contributed by atoms with E-state index >= 15 is 0 Å². The van der Waals surface area contributed by atoms with E-state index in [1.54, 1.807) is 7.11 Å². The highest BCUT2D eigenvalue weighted by Gasteiger charge is 2.40. The van der Waals surface area contributed by atoms with E-state index in [4.69, 9.17) is 4.74 Å². The molecule has 1 aliphatic heterocycles. The molecule has 1 aromatic carbocycles. The van der Waals surface area contributed by atoms with Crippen molar-refractivity contribution in [1.82, 2.24) is 4.90 Å². The van der Waals surface area contributed by atoms with E-state index in [0.717, 1.165) is 37.1 Å². The number of benzene rings is 1. The highest BCUT2D eigenvalue weighted by molar-refractivity contribution is 5.74. The van der Waals surface area contributed by atoms with Crippen molar-refractivity contribution in [2.75, 3.05) is 13.7 Å². The first-order chi connectivity index (χ1) is 9.94. The minimum absolute atomic E-state index is 0.200. The zero-order chi connectivity index (χ0) is 15.5. The molecule has 1 atom stereocenters. The molecule has 116 valence electrons. The topological polar surface area (TPSA) is 49.8 Å². The standard InChI is InChI=1S/C17H25NO3/c1-17(2)10-4-5-11-18(15(17)16(19)20)12-13-6-8-14(21-3)9-7-13/h6-9,15H,4-5,10-12H2,1-3H3,(H,19,20). The van der Waals surface area contributed by atoms with Crippen molar-refractivity contribution in [2.45, 2.75) is 45.7 Å². The number of carboxylic acid groups (broad SMARTS) is 1. The van der Waals surface area contributed by atoms with E-state index in [0.29, 0.717) is 6.54 Å². The van der Waals surface area contributed by atoms with Crippen molar-refractivity contribution < 1.29 is 14.6 Å². The molecule has 0 aliphatic carbocycles. The van der Waals surface area contributed by atoms with Gasteiger partial charge in [0.15, 0.2) is 0 Å². The number of aliphatic carboxylic acids is 1. The number of nitrogens with zero attached hydrogens (tertiary/aromatic N) is 1. The highest BCUT2D eigenvalue weighted by Crippen LogP contribution is 2.35. The Hall–Kier alpha value is -1.55. The van der Waals surface area contributed by atoms with Gasteiger partial charge in [0.1, 0.15) is 11.8 Å². The van der Waals surface area contributed by atoms with E-state index in [9.17, 15) is 9.90 Å². The Morgan fingerprint density at radius 1 is 1.33 bits per heavy atom. The number of likely N-dealkylation sites (tertiary alicyclic amines) is 1. The fourth-order valence-electron chi connectivity index (χ4n) is 3.28. The second-order valence-electron chi connectivity index (χ2n) is 6.51. The summed E-state index contributed by atoms with van der Waals surface area (Å²) in [5.74, 6) is 0.111. The third-order valence-corrected chi connectivity index (χ3v) is 4.40. The van der Waals surface area contributed by atoms with Gasteiger partial charge in [-0.1, -0.05) is 32.4 Å². The Kier molecular flexibility index (Phi) is 4.88. The largest absolute Gasteiger partial charge is 0.497 e. The molecule has 0 spiro atoms. The Balaban J connectivity index is 2.19. The van der Waals surface area contributed by atoms with Gasteiger partial charge in [-0.05, 0) is 42.5 Å². The van der Waals surface area contributed by atoms with Gasteiger partial charge in [-0.25, -0.2) is 0 Å². The number of carboxylic acids is 1. The van der Waals surface area contributed by atoms with Crippen molar-refractivity contribution in [3.05, 3.63) is 29.8 Å². The van der Waals surface area contributed by atoms with Crippen LogP contribution >= 0.6 is 0 Å². The monoisotopic (exact) mass is 291 g/mol. The average molecular weight is 291 g/mol. The third-order valence-electron chi connectivity index (χ3n) is 4.40. The summed E-state index contributed by atoms with van der Waals surface area (Å²) >= 11 is 0. The van der Waals surface area contributed by atoms with Gasteiger partial charge in [-0.3, -0.25) is 9.69 Å². The molecule has 2 rings (SSSR count). The smallest absolute Gasteiger partial charge is 0.321 e. The van der Waals surface area contributed by atoms with E-state index in [1.165, 1.54) is 0 Å². The van der Waals surface area contributed by atoms with Gasteiger partial charge in [-0.15, -0.1) is 0 Å². The molecule has 21 heavy (non-hydrogen) atoms. The molecule has 0 aromatic heterocycles. The van der Waals surface area contributed by atoms with Gasteiger partial charge in [0, 0.05) is 6.54 Å². The zero-order valence-electron chi connectivity index (χ0n) is 13.1. The van der Waals surface area contributed by atoms with Crippen LogP contribution in [-0.4, -0.2) is 35.7 Å². The quantitative estimate of drug-likeness (QED) is 0.925. The van der Waals surface area contributed by atoms with Crippen LogP contribution in [0, 0.1) is 5.41 Å². The maximum absolute atomic E-state index is 11.8. The fourth-order valence-corrected chi connectivity index (χ4v) is 3.28. The van der Waals surface area contributed by atoms with Gasteiger partial charge in [-0.2, -0.15) is 0 Å². The van der Waals surface area contributed by atoms with Gasteiger partial charge in [0.2, 0.25) is 0 Å². The molecule has 1 unspecified atom stereocenters. The lowest BCUT2D eigenvalue weighted by atomic mass is 9.80. The molecule has 1 heterocycles. The van der Waals surface area contributed by atoms with E-state index < -0.39 is 12.0 Å². The summed E-state index contributed by atoms with van der Waals surface area (Å²) in [6.45, 7) is 5.65. The lowest BCUT2D eigenvalue weighted by Crippen LogP contribution is -2.49. The van der Waals surface area contributed by atoms with Crippen molar-refractivity contribution in [1.29, 1.82) is 0 Å². The van der Waals surface area contributed by atoms with Gasteiger partial charge < -0.3 is 9.84 Å². The van der Waals surface area contributed by atoms with Crippen LogP contribution < -0.4 is 4.74 Å². The second kappa shape index (κ2) is 6.48. The van der Waals surface area contributed by atoms with Gasteiger partial charge >= 0.3 is 5.97 Å². The molecule has 1 aliphatic rings. The Labute approximate surface area is 126 Å². The normalized spacial score (nSPS) is 22.5. The molecule has 0 amide bonds. The van der Waals surface area contributed by atoms with Crippen LogP contribution in [0.15, 0.2) is 24.3 Å². The fraction of sp³-hybridized carbons (Fsp3) is 0.588. The lowest BCUT2D eigenvalue weighted by Gasteiger charge is -2.37. The van der Waals surface area contributed by atoms with E-state index in [2.05, 4.69) is 18.7 Å². The molecular formula is C17H25NO3. The van der Waals surface area contributed by atoms with Gasteiger partial charge in [0.25, 0.3) is 0 Å². The molecule has 1 fully saturated rings. The predicted molar refractivity (Wildman–Crippen MR) is 82.5 cm³/mol. The van der Waals surface area contributed by atoms with Crippen LogP contribution in [-0.2, 0) is 11.3 Å². The summed E-state index contributed by atoms with van der Waals surface area (Å²) in [4.78, 5) is 13.9. The van der Waals surface area contributed by atoms with Crippen molar-refractivity contribution in [3.63, 3.8) is 0 Å². The third kappa shape index (κ3) is 3.76. The molecule has 4 nitrogen and oxygen atoms in total. The van der Waals surface area contributed by atoms with Crippen LogP contribution in [0.1, 0.15) is 38.7 Å². The number of hydrogen-bond donors (Lipinski definition) is 1. The summed E-state index contributed by atoms with van der Waals surface area (Å²) in [6, 6.07) is 7.44. The van der Waals surface area contributed by atoms with Crippen LogP contribution in [0.25, 0.3) is 0 Å². The number of carbonyl (C=O) groups is 1. The van der Waals surface area contributed by atoms with Crippen molar-refractivity contribution >= 4 is 5.97 Å². The first-order valence-electron chi connectivity index (χ1n) is 7.54. The summed E-state index contributed by atoms with van der Waals surface area (Å²) in [5, 5.41) is 9.67. The van der Waals surface area contributed by atoms with Crippen molar-refractivity contribution in [3.8, 4) is 5.75 Å². The Bertz CT molecular complexity index is 481. The lowest BCUT2D eigenvalue weighted by molar-refractivity contribution is -0.148. The molecule has 1 N–H and O–H groups in total. The zero-order valence-corrected chi connectivity index (χ0v) is 13.1. The summed E-state index contributed by atoms with van der Waals surface area (Å²) in [6.07, 6.45) is 3.11. The first-order valence-corrected chi connectivity index (χ1v) is 7.54. The Morgan fingerprint density at radius 2 is 2.00 bits per heavy atom. The summed E-state index contributed by atoms with van der Waals surface area (Å²) in [7, 11) is 1.65. The molecule has 1 aromatic rings. The molecule has 0 saturated carbocycles. The van der Waals surface area contributed by atoms with Crippen LogP contribution in [0.4, 0.5) is 0 Å². The Morgan fingerprint density at radius 3 is 2.57 bits per heavy atom. The van der Waals surface area contributed by atoms with Gasteiger partial charge in [0.05, 0.1) is 7.11 Å². The van der Waals surface area contributed by atoms with Crippen LogP contribution in [0.5, 0.6) is 5.75 Å². The second-order valence-corrected chi connectivity index (χ2v) is 6.51. The molecule has 0 radical (unpaired) electrons. The summed E-state index contributed by atoms with van der Waals surface area (Å²) < 4.78 is 5.16. The number of ether oxygens (including phenoxy) is 1. The van der Waals surface area contributed by atoms with E-state index in [-0.39, 0.29) is 5.41 Å². The highest BCUT2D eigenvalue weighted by atomic mass is 16.5. The minimum Gasteiger partial charge on any atom is -0.497 e. The van der Waals surface area contributed by atoms with Crippen molar-refractivity contribution in [2.24, 2.45) is 5.41 Å². The number of hydrogen-bond acceptors (Lipinski definition) is 3. The number of rotatable bonds is 4. The molecular weight excluding hydrogens is 266 g/mol. The van der Waals surface area contributed by atoms with Crippen LogP contribution in [0.2, 0.25) is 0 Å². The van der Waals surface area contributed by atoms with E-state index in [1.807, 2.05) is 24.3 Å². The minimum atomic E-state index is -0.713. The SMILES string of the molecule is COc1ccc(CN2CCCCC(C)(C)C2C(=O)O)cc1. The maximum Gasteiger partial charge on any atom is 0.321 e. The maximum atomic E-state index is 11.8. The van der Waals surface area contributed by atoms with Crippen LogP contribution in [0.3, 0.4) is 0 Å². The molecule has 0 bridgehead atoms. The molecule has 4 heteroatoms.